The van der Waals surface area contributed by atoms with E-state index in [1.807, 2.05) is 19.9 Å². The Balaban J connectivity index is 2.73. The lowest BCUT2D eigenvalue weighted by atomic mass is 10.1. The van der Waals surface area contributed by atoms with Crippen molar-refractivity contribution in [3.05, 3.63) is 52.5 Å². The van der Waals surface area contributed by atoms with Gasteiger partial charge < -0.3 is 14.8 Å². The first-order valence-corrected chi connectivity index (χ1v) is 8.09. The maximum Gasteiger partial charge on any atom is 0.408 e. The molecule has 1 amide bonds. The predicted octanol–water partition coefficient (Wildman–Crippen LogP) is 3.14. The number of allylic oxidation sites excluding steroid dienone is 3. The Morgan fingerprint density at radius 2 is 1.96 bits per heavy atom. The van der Waals surface area contributed by atoms with Crippen molar-refractivity contribution in [1.29, 1.82) is 0 Å². The van der Waals surface area contributed by atoms with Crippen LogP contribution in [0, 0.1) is 0 Å². The van der Waals surface area contributed by atoms with E-state index < -0.39 is 17.7 Å². The SMILES string of the molecule is C/C(=C\C=C(/C)n1ccccc1=O)CC(C=O)NC(=O)OC(C)(C)C. The summed E-state index contributed by atoms with van der Waals surface area (Å²) in [5, 5.41) is 2.54. The molecule has 1 heterocycles. The van der Waals surface area contributed by atoms with E-state index >= 15 is 0 Å². The fraction of sp³-hybridized carbons (Fsp3) is 0.421. The quantitative estimate of drug-likeness (QED) is 0.634. The molecule has 0 radical (unpaired) electrons. The highest BCUT2D eigenvalue weighted by Crippen LogP contribution is 2.09. The first-order valence-electron chi connectivity index (χ1n) is 8.09. The van der Waals surface area contributed by atoms with Crippen LogP contribution in [0.1, 0.15) is 41.0 Å². The van der Waals surface area contributed by atoms with E-state index in [0.717, 1.165) is 11.3 Å². The molecule has 6 heteroatoms. The number of aldehydes is 1. The molecule has 1 atom stereocenters. The summed E-state index contributed by atoms with van der Waals surface area (Å²) >= 11 is 0. The number of alkyl carbamates (subject to hydrolysis) is 1. The summed E-state index contributed by atoms with van der Waals surface area (Å²) in [6.45, 7) is 8.94. The first kappa shape index (κ1) is 20.4. The number of aromatic nitrogens is 1. The minimum Gasteiger partial charge on any atom is -0.444 e. The van der Waals surface area contributed by atoms with Gasteiger partial charge in [0.1, 0.15) is 11.9 Å². The van der Waals surface area contributed by atoms with Gasteiger partial charge in [-0.3, -0.25) is 9.36 Å². The van der Waals surface area contributed by atoms with Gasteiger partial charge in [0.05, 0.1) is 6.04 Å². The minimum atomic E-state index is -0.667. The van der Waals surface area contributed by atoms with E-state index in [2.05, 4.69) is 5.32 Å². The smallest absolute Gasteiger partial charge is 0.408 e. The fourth-order valence-electron chi connectivity index (χ4n) is 2.07. The molecule has 0 aliphatic heterocycles. The Bertz CT molecular complexity index is 723. The van der Waals surface area contributed by atoms with Crippen LogP contribution >= 0.6 is 0 Å². The second-order valence-corrected chi connectivity index (χ2v) is 6.82. The molecular formula is C19H26N2O4. The Morgan fingerprint density at radius 1 is 1.28 bits per heavy atom. The van der Waals surface area contributed by atoms with Crippen LogP contribution in [0.3, 0.4) is 0 Å². The summed E-state index contributed by atoms with van der Waals surface area (Å²) in [5.74, 6) is 0. The van der Waals surface area contributed by atoms with Crippen LogP contribution in [0.4, 0.5) is 4.79 Å². The Labute approximate surface area is 148 Å². The zero-order chi connectivity index (χ0) is 19.0. The van der Waals surface area contributed by atoms with Crippen LogP contribution in [-0.2, 0) is 9.53 Å². The zero-order valence-electron chi connectivity index (χ0n) is 15.4. The molecule has 1 N–H and O–H groups in total. The molecule has 25 heavy (non-hydrogen) atoms. The van der Waals surface area contributed by atoms with Gasteiger partial charge in [-0.15, -0.1) is 0 Å². The van der Waals surface area contributed by atoms with Gasteiger partial charge in [-0.1, -0.05) is 17.7 Å². The molecular weight excluding hydrogens is 320 g/mol. The second kappa shape index (κ2) is 9.01. The Hall–Kier alpha value is -2.63. The summed E-state index contributed by atoms with van der Waals surface area (Å²) in [5.41, 5.74) is 0.912. The van der Waals surface area contributed by atoms with Crippen LogP contribution < -0.4 is 10.9 Å². The van der Waals surface area contributed by atoms with Gasteiger partial charge in [-0.25, -0.2) is 4.79 Å². The number of nitrogens with zero attached hydrogens (tertiary/aromatic N) is 1. The lowest BCUT2D eigenvalue weighted by Crippen LogP contribution is -2.40. The highest BCUT2D eigenvalue weighted by atomic mass is 16.6. The highest BCUT2D eigenvalue weighted by Gasteiger charge is 2.19. The van der Waals surface area contributed by atoms with Crippen LogP contribution in [0.2, 0.25) is 0 Å². The van der Waals surface area contributed by atoms with E-state index in [4.69, 9.17) is 4.74 Å². The van der Waals surface area contributed by atoms with Crippen molar-refractivity contribution in [3.8, 4) is 0 Å². The van der Waals surface area contributed by atoms with E-state index in [-0.39, 0.29) is 5.56 Å². The third kappa shape index (κ3) is 7.65. The first-order chi connectivity index (χ1) is 11.6. The average molecular weight is 346 g/mol. The van der Waals surface area contributed by atoms with Gasteiger partial charge in [-0.05, 0) is 53.2 Å². The molecule has 1 rings (SSSR count). The van der Waals surface area contributed by atoms with Gasteiger partial charge in [0, 0.05) is 18.0 Å². The van der Waals surface area contributed by atoms with E-state index in [9.17, 15) is 14.4 Å². The minimum absolute atomic E-state index is 0.111. The number of amides is 1. The number of hydrogen-bond donors (Lipinski definition) is 1. The van der Waals surface area contributed by atoms with Gasteiger partial charge in [0.15, 0.2) is 0 Å². The van der Waals surface area contributed by atoms with Crippen molar-refractivity contribution in [1.82, 2.24) is 9.88 Å². The van der Waals surface area contributed by atoms with Gasteiger partial charge in [0.2, 0.25) is 0 Å². The third-order valence-electron chi connectivity index (χ3n) is 3.22. The predicted molar refractivity (Wildman–Crippen MR) is 98.2 cm³/mol. The molecule has 0 bridgehead atoms. The lowest BCUT2D eigenvalue weighted by molar-refractivity contribution is -0.109. The normalized spacial score (nSPS) is 14.0. The average Bonchev–Trinajstić information content (AvgIpc) is 2.50. The molecule has 0 aliphatic rings. The molecule has 0 saturated carbocycles. The van der Waals surface area contributed by atoms with Crippen molar-refractivity contribution in [2.45, 2.75) is 52.7 Å². The molecule has 1 aromatic heterocycles. The van der Waals surface area contributed by atoms with Crippen LogP contribution in [0.25, 0.3) is 5.70 Å². The standard InChI is InChI=1S/C19H26N2O4/c1-14(9-10-15(2)21-11-7-6-8-17(21)23)12-16(13-22)20-18(24)25-19(3,4)5/h6-11,13,16H,12H2,1-5H3,(H,20,24)/b14-9+,15-10+. The summed E-state index contributed by atoms with van der Waals surface area (Å²) in [7, 11) is 0. The summed E-state index contributed by atoms with van der Waals surface area (Å²) in [6.07, 6.45) is 5.72. The molecule has 0 saturated heterocycles. The largest absolute Gasteiger partial charge is 0.444 e. The Morgan fingerprint density at radius 3 is 2.52 bits per heavy atom. The van der Waals surface area contributed by atoms with Gasteiger partial charge in [-0.2, -0.15) is 0 Å². The summed E-state index contributed by atoms with van der Waals surface area (Å²) < 4.78 is 6.67. The monoisotopic (exact) mass is 346 g/mol. The van der Waals surface area contributed by atoms with E-state index in [0.29, 0.717) is 12.7 Å². The molecule has 1 unspecified atom stereocenters. The van der Waals surface area contributed by atoms with Crippen molar-refractivity contribution in [3.63, 3.8) is 0 Å². The fourth-order valence-corrected chi connectivity index (χ4v) is 2.07. The Kier molecular flexibility index (Phi) is 7.36. The van der Waals surface area contributed by atoms with E-state index in [1.165, 1.54) is 10.6 Å². The number of pyridine rings is 1. The molecule has 6 nitrogen and oxygen atoms in total. The molecule has 0 spiro atoms. The van der Waals surface area contributed by atoms with Crippen molar-refractivity contribution in [2.24, 2.45) is 0 Å². The number of nitrogens with one attached hydrogen (secondary N) is 1. The topological polar surface area (TPSA) is 77.4 Å². The number of carbonyl (C=O) groups is 2. The second-order valence-electron chi connectivity index (χ2n) is 6.82. The van der Waals surface area contributed by atoms with Crippen LogP contribution in [-0.4, -0.2) is 28.6 Å². The lowest BCUT2D eigenvalue weighted by Gasteiger charge is -2.21. The van der Waals surface area contributed by atoms with Crippen molar-refractivity contribution >= 4 is 18.1 Å². The van der Waals surface area contributed by atoms with Crippen LogP contribution in [0.5, 0.6) is 0 Å². The number of ether oxygens (including phenoxy) is 1. The summed E-state index contributed by atoms with van der Waals surface area (Å²) in [6, 6.07) is 4.28. The molecule has 0 aromatic carbocycles. The van der Waals surface area contributed by atoms with Crippen molar-refractivity contribution in [2.75, 3.05) is 0 Å². The molecule has 1 aromatic rings. The molecule has 0 aliphatic carbocycles. The number of carbonyl (C=O) groups excluding carboxylic acids is 2. The van der Waals surface area contributed by atoms with Crippen molar-refractivity contribution < 1.29 is 14.3 Å². The third-order valence-corrected chi connectivity index (χ3v) is 3.22. The van der Waals surface area contributed by atoms with Crippen LogP contribution in [0.15, 0.2) is 46.9 Å². The summed E-state index contributed by atoms with van der Waals surface area (Å²) in [4.78, 5) is 34.7. The highest BCUT2D eigenvalue weighted by molar-refractivity contribution is 5.73. The number of rotatable bonds is 6. The zero-order valence-corrected chi connectivity index (χ0v) is 15.4. The van der Waals surface area contributed by atoms with Gasteiger partial charge in [0.25, 0.3) is 5.56 Å². The number of hydrogen-bond acceptors (Lipinski definition) is 4. The maximum atomic E-state index is 11.8. The van der Waals surface area contributed by atoms with E-state index in [1.54, 1.807) is 45.2 Å². The van der Waals surface area contributed by atoms with Gasteiger partial charge >= 0.3 is 6.09 Å². The maximum absolute atomic E-state index is 11.8. The molecule has 0 fully saturated rings. The molecule has 136 valence electrons.